The minimum Gasteiger partial charge on any atom is -0.328 e. The zero-order valence-corrected chi connectivity index (χ0v) is 15.5. The molecule has 2 N–H and O–H groups in total. The molecule has 0 radical (unpaired) electrons. The van der Waals surface area contributed by atoms with Crippen LogP contribution in [-0.4, -0.2) is 32.2 Å². The van der Waals surface area contributed by atoms with E-state index in [4.69, 9.17) is 5.73 Å². The molecule has 26 heavy (non-hydrogen) atoms. The van der Waals surface area contributed by atoms with Crippen molar-refractivity contribution in [3.63, 3.8) is 0 Å². The Bertz CT molecular complexity index is 946. The van der Waals surface area contributed by atoms with Gasteiger partial charge in [0.1, 0.15) is 15.8 Å². The summed E-state index contributed by atoms with van der Waals surface area (Å²) in [6.45, 7) is 1.94. The SMILES string of the molecule is Cc1nnc(-c2ccc3nnc(CC(=O)C4CCC(N)CC4)cc3c2)s1. The molecule has 6 nitrogen and oxygen atoms in total. The number of hydrogen-bond donors (Lipinski definition) is 1. The van der Waals surface area contributed by atoms with Gasteiger partial charge in [-0.1, -0.05) is 11.3 Å². The summed E-state index contributed by atoms with van der Waals surface area (Å²) in [5.41, 5.74) is 8.48. The first-order valence-electron chi connectivity index (χ1n) is 8.93. The Morgan fingerprint density at radius 2 is 1.92 bits per heavy atom. The van der Waals surface area contributed by atoms with Gasteiger partial charge in [0.15, 0.2) is 0 Å². The standard InChI is InChI=1S/C19H21N5OS/c1-11-21-24-19(26-11)13-4-7-17-14(8-13)9-16(22-23-17)10-18(25)12-2-5-15(20)6-3-12/h4,7-9,12,15H,2-3,5-6,10,20H2,1H3. The van der Waals surface area contributed by atoms with E-state index in [0.717, 1.165) is 57.9 Å². The van der Waals surface area contributed by atoms with Gasteiger partial charge in [0.25, 0.3) is 0 Å². The third kappa shape index (κ3) is 3.64. The first kappa shape index (κ1) is 17.2. The number of nitrogens with zero attached hydrogens (tertiary/aromatic N) is 4. The lowest BCUT2D eigenvalue weighted by Gasteiger charge is -2.24. The molecule has 0 amide bonds. The normalized spacial score (nSPS) is 20.4. The third-order valence-corrected chi connectivity index (χ3v) is 5.88. The van der Waals surface area contributed by atoms with Gasteiger partial charge in [0, 0.05) is 22.9 Å². The van der Waals surface area contributed by atoms with E-state index in [2.05, 4.69) is 20.4 Å². The van der Waals surface area contributed by atoms with Crippen molar-refractivity contribution in [1.82, 2.24) is 20.4 Å². The van der Waals surface area contributed by atoms with Crippen LogP contribution < -0.4 is 5.73 Å². The average molecular weight is 367 g/mol. The van der Waals surface area contributed by atoms with Crippen molar-refractivity contribution in [2.75, 3.05) is 0 Å². The maximum atomic E-state index is 12.6. The van der Waals surface area contributed by atoms with Crippen molar-refractivity contribution in [2.45, 2.75) is 45.1 Å². The number of hydrogen-bond acceptors (Lipinski definition) is 7. The molecule has 3 aromatic rings. The summed E-state index contributed by atoms with van der Waals surface area (Å²) in [7, 11) is 0. The molecule has 0 bridgehead atoms. The lowest BCUT2D eigenvalue weighted by atomic mass is 9.82. The van der Waals surface area contributed by atoms with Gasteiger partial charge in [-0.15, -0.1) is 10.2 Å². The summed E-state index contributed by atoms with van der Waals surface area (Å²) in [4.78, 5) is 12.6. The first-order valence-corrected chi connectivity index (χ1v) is 9.75. The first-order chi connectivity index (χ1) is 12.6. The Morgan fingerprint density at radius 3 is 2.65 bits per heavy atom. The fourth-order valence-corrected chi connectivity index (χ4v) is 4.17. The molecule has 1 aliphatic rings. The van der Waals surface area contributed by atoms with Gasteiger partial charge in [-0.05, 0) is 56.9 Å². The number of benzene rings is 1. The Kier molecular flexibility index (Phi) is 4.74. The van der Waals surface area contributed by atoms with E-state index in [1.54, 1.807) is 11.3 Å². The van der Waals surface area contributed by atoms with Crippen molar-refractivity contribution in [3.8, 4) is 10.6 Å². The second kappa shape index (κ2) is 7.17. The van der Waals surface area contributed by atoms with Gasteiger partial charge in [0.05, 0.1) is 17.6 Å². The second-order valence-corrected chi connectivity index (χ2v) is 8.17. The molecule has 1 aromatic carbocycles. The Labute approximate surface area is 155 Å². The Morgan fingerprint density at radius 1 is 1.12 bits per heavy atom. The van der Waals surface area contributed by atoms with Crippen LogP contribution in [0, 0.1) is 12.8 Å². The molecule has 0 saturated heterocycles. The highest BCUT2D eigenvalue weighted by Gasteiger charge is 2.24. The molecule has 0 atom stereocenters. The van der Waals surface area contributed by atoms with E-state index >= 15 is 0 Å². The predicted octanol–water partition coefficient (Wildman–Crippen LogP) is 3.09. The van der Waals surface area contributed by atoms with E-state index in [0.29, 0.717) is 6.42 Å². The van der Waals surface area contributed by atoms with Crippen molar-refractivity contribution in [3.05, 3.63) is 35.0 Å². The molecule has 134 valence electrons. The van der Waals surface area contributed by atoms with Crippen molar-refractivity contribution < 1.29 is 4.79 Å². The van der Waals surface area contributed by atoms with Crippen LogP contribution in [0.15, 0.2) is 24.3 Å². The number of carbonyl (C=O) groups excluding carboxylic acids is 1. The average Bonchev–Trinajstić information content (AvgIpc) is 3.08. The smallest absolute Gasteiger partial charge is 0.147 e. The molecule has 7 heteroatoms. The lowest BCUT2D eigenvalue weighted by Crippen LogP contribution is -2.30. The van der Waals surface area contributed by atoms with Crippen LogP contribution in [0.3, 0.4) is 0 Å². The number of rotatable bonds is 4. The fraction of sp³-hybridized carbons (Fsp3) is 0.421. The number of nitrogens with two attached hydrogens (primary N) is 1. The minimum absolute atomic E-state index is 0.114. The number of aryl methyl sites for hydroxylation is 1. The van der Waals surface area contributed by atoms with E-state index < -0.39 is 0 Å². The molecular formula is C19H21N5OS. The van der Waals surface area contributed by atoms with Crippen molar-refractivity contribution in [1.29, 1.82) is 0 Å². The highest BCUT2D eigenvalue weighted by Crippen LogP contribution is 2.27. The molecule has 4 rings (SSSR count). The summed E-state index contributed by atoms with van der Waals surface area (Å²) < 4.78 is 0. The van der Waals surface area contributed by atoms with Gasteiger partial charge in [0.2, 0.25) is 0 Å². The molecule has 1 saturated carbocycles. The van der Waals surface area contributed by atoms with Gasteiger partial charge >= 0.3 is 0 Å². The Balaban J connectivity index is 1.55. The number of Topliss-reactive ketones (excluding diaryl/α,β-unsaturated/α-hetero) is 1. The molecule has 2 aromatic heterocycles. The van der Waals surface area contributed by atoms with Crippen LogP contribution in [0.1, 0.15) is 36.4 Å². The molecule has 1 aliphatic carbocycles. The van der Waals surface area contributed by atoms with Gasteiger partial charge < -0.3 is 5.73 Å². The summed E-state index contributed by atoms with van der Waals surface area (Å²) in [5, 5.41) is 19.6. The summed E-state index contributed by atoms with van der Waals surface area (Å²) in [6, 6.07) is 8.17. The number of fused-ring (bicyclic) bond motifs is 1. The van der Waals surface area contributed by atoms with Crippen LogP contribution in [0.2, 0.25) is 0 Å². The van der Waals surface area contributed by atoms with Gasteiger partial charge in [-0.2, -0.15) is 10.2 Å². The van der Waals surface area contributed by atoms with Gasteiger partial charge in [-0.25, -0.2) is 0 Å². The minimum atomic E-state index is 0.114. The van der Waals surface area contributed by atoms with Gasteiger partial charge in [-0.3, -0.25) is 4.79 Å². The molecule has 0 spiro atoms. The maximum Gasteiger partial charge on any atom is 0.147 e. The van der Waals surface area contributed by atoms with Crippen molar-refractivity contribution in [2.24, 2.45) is 11.7 Å². The number of carbonyl (C=O) groups is 1. The largest absolute Gasteiger partial charge is 0.328 e. The molecule has 0 aliphatic heterocycles. The van der Waals surface area contributed by atoms with E-state index in [1.807, 2.05) is 31.2 Å². The number of aromatic nitrogens is 4. The van der Waals surface area contributed by atoms with Crippen LogP contribution in [-0.2, 0) is 11.2 Å². The third-order valence-electron chi connectivity index (χ3n) is 4.99. The maximum absolute atomic E-state index is 12.6. The zero-order valence-electron chi connectivity index (χ0n) is 14.7. The topological polar surface area (TPSA) is 94.6 Å². The molecular weight excluding hydrogens is 346 g/mol. The van der Waals surface area contributed by atoms with E-state index in [-0.39, 0.29) is 17.7 Å². The summed E-state index contributed by atoms with van der Waals surface area (Å²) in [6.07, 6.45) is 3.99. The van der Waals surface area contributed by atoms with Crippen LogP contribution in [0.25, 0.3) is 21.5 Å². The highest BCUT2D eigenvalue weighted by atomic mass is 32.1. The molecule has 2 heterocycles. The monoisotopic (exact) mass is 367 g/mol. The highest BCUT2D eigenvalue weighted by molar-refractivity contribution is 7.14. The van der Waals surface area contributed by atoms with Crippen LogP contribution in [0.4, 0.5) is 0 Å². The fourth-order valence-electron chi connectivity index (χ4n) is 3.48. The summed E-state index contributed by atoms with van der Waals surface area (Å²) >= 11 is 1.56. The molecule has 1 fully saturated rings. The zero-order chi connectivity index (χ0) is 18.1. The van der Waals surface area contributed by atoms with Crippen LogP contribution >= 0.6 is 11.3 Å². The second-order valence-electron chi connectivity index (χ2n) is 6.99. The lowest BCUT2D eigenvalue weighted by molar-refractivity contribution is -0.123. The van der Waals surface area contributed by atoms with E-state index in [1.165, 1.54) is 0 Å². The summed E-state index contributed by atoms with van der Waals surface area (Å²) in [5.74, 6) is 0.365. The molecule has 0 unspecified atom stereocenters. The quantitative estimate of drug-likeness (QED) is 0.761. The predicted molar refractivity (Wildman–Crippen MR) is 102 cm³/mol. The Hall–Kier alpha value is -2.25. The van der Waals surface area contributed by atoms with Crippen LogP contribution in [0.5, 0.6) is 0 Å². The van der Waals surface area contributed by atoms with Crippen molar-refractivity contribution >= 4 is 28.0 Å². The number of ketones is 1. The van der Waals surface area contributed by atoms with E-state index in [9.17, 15) is 4.79 Å².